The van der Waals surface area contributed by atoms with Crippen LogP contribution in [0.5, 0.6) is 0 Å². The minimum atomic E-state index is -4.68. The van der Waals surface area contributed by atoms with E-state index in [1.807, 2.05) is 36.4 Å². The molecule has 0 atom stereocenters. The summed E-state index contributed by atoms with van der Waals surface area (Å²) in [7, 11) is 0. The van der Waals surface area contributed by atoms with Crippen LogP contribution in [-0.2, 0) is 10.9 Å². The molecular weight excluding hydrogens is 593 g/mol. The number of esters is 1. The van der Waals surface area contributed by atoms with E-state index in [-0.39, 0.29) is 12.3 Å². The lowest BCUT2D eigenvalue weighted by Crippen LogP contribution is -2.32. The maximum absolute atomic E-state index is 13.4. The zero-order valence-corrected chi connectivity index (χ0v) is 26.0. The van der Waals surface area contributed by atoms with Gasteiger partial charge >= 0.3 is 18.2 Å². The highest BCUT2D eigenvalue weighted by molar-refractivity contribution is 6.31. The van der Waals surface area contributed by atoms with Gasteiger partial charge < -0.3 is 24.8 Å². The highest BCUT2D eigenvalue weighted by atomic mass is 35.5. The molecule has 0 aliphatic carbocycles. The van der Waals surface area contributed by atoms with Crippen LogP contribution in [0.15, 0.2) is 66.7 Å². The lowest BCUT2D eigenvalue weighted by Gasteiger charge is -2.31. The van der Waals surface area contributed by atoms with Crippen LogP contribution in [0.3, 0.4) is 0 Å². The van der Waals surface area contributed by atoms with Crippen molar-refractivity contribution in [3.8, 4) is 5.69 Å². The zero-order valence-electron chi connectivity index (χ0n) is 25.3. The number of hydrogen-bond acceptors (Lipinski definition) is 4. The number of hydrogen-bond donors (Lipinski definition) is 2. The van der Waals surface area contributed by atoms with Crippen molar-refractivity contribution in [2.24, 2.45) is 11.8 Å². The van der Waals surface area contributed by atoms with E-state index in [2.05, 4.69) is 43.2 Å². The van der Waals surface area contributed by atoms with Crippen molar-refractivity contribution in [1.29, 1.82) is 0 Å². The highest BCUT2D eigenvalue weighted by Gasteiger charge is 2.33. The molecule has 3 aromatic carbocycles. The largest absolute Gasteiger partial charge is 0.461 e. The van der Waals surface area contributed by atoms with E-state index < -0.39 is 28.8 Å². The lowest BCUT2D eigenvalue weighted by atomic mass is 10.1. The molecule has 44 heavy (non-hydrogen) atoms. The van der Waals surface area contributed by atoms with Gasteiger partial charge in [-0.25, -0.2) is 9.59 Å². The molecular formula is C33H36ClF3N4O3. The van der Waals surface area contributed by atoms with Crippen molar-refractivity contribution in [2.45, 2.75) is 40.8 Å². The third-order valence-electron chi connectivity index (χ3n) is 6.72. The van der Waals surface area contributed by atoms with Crippen molar-refractivity contribution in [1.82, 2.24) is 4.57 Å². The summed E-state index contributed by atoms with van der Waals surface area (Å²) in [5.41, 5.74) is 1.70. The van der Waals surface area contributed by atoms with Crippen LogP contribution in [0.2, 0.25) is 5.02 Å². The van der Waals surface area contributed by atoms with Crippen LogP contribution in [0.1, 0.15) is 50.7 Å². The second-order valence-corrected chi connectivity index (χ2v) is 11.7. The molecule has 2 amide bonds. The molecule has 4 aromatic rings. The Labute approximate surface area is 259 Å². The van der Waals surface area contributed by atoms with Crippen molar-refractivity contribution in [3.05, 3.63) is 83.0 Å². The Morgan fingerprint density at radius 2 is 1.61 bits per heavy atom. The number of halogens is 4. The van der Waals surface area contributed by atoms with Gasteiger partial charge in [-0.05, 0) is 67.3 Å². The summed E-state index contributed by atoms with van der Waals surface area (Å²) in [6.45, 7) is 11.7. The Balaban J connectivity index is 1.81. The monoisotopic (exact) mass is 628 g/mol. The van der Waals surface area contributed by atoms with Gasteiger partial charge in [-0.3, -0.25) is 0 Å². The number of ether oxygens (including phenoxy) is 1. The average molecular weight is 629 g/mol. The van der Waals surface area contributed by atoms with Crippen molar-refractivity contribution >= 4 is 51.6 Å². The summed E-state index contributed by atoms with van der Waals surface area (Å²) in [5, 5.41) is 5.71. The topological polar surface area (TPSA) is 75.6 Å². The fourth-order valence-electron chi connectivity index (χ4n) is 5.08. The van der Waals surface area contributed by atoms with Gasteiger partial charge in [0, 0.05) is 29.9 Å². The molecule has 0 saturated heterocycles. The molecule has 0 saturated carbocycles. The number of rotatable bonds is 10. The van der Waals surface area contributed by atoms with Crippen molar-refractivity contribution in [2.75, 3.05) is 35.2 Å². The Morgan fingerprint density at radius 1 is 0.932 bits per heavy atom. The Morgan fingerprint density at radius 3 is 2.25 bits per heavy atom. The van der Waals surface area contributed by atoms with Gasteiger partial charge in [-0.15, -0.1) is 0 Å². The van der Waals surface area contributed by atoms with Gasteiger partial charge in [0.05, 0.1) is 34.1 Å². The molecule has 11 heteroatoms. The van der Waals surface area contributed by atoms with Gasteiger partial charge in [0.25, 0.3) is 0 Å². The second-order valence-electron chi connectivity index (χ2n) is 11.3. The number of alkyl halides is 3. The first-order chi connectivity index (χ1) is 20.8. The fourth-order valence-corrected chi connectivity index (χ4v) is 5.31. The molecule has 0 aliphatic heterocycles. The van der Waals surface area contributed by atoms with Crippen LogP contribution in [0, 0.1) is 11.8 Å². The van der Waals surface area contributed by atoms with E-state index in [0.29, 0.717) is 42.0 Å². The number of carbonyl (C=O) groups is 2. The Bertz CT molecular complexity index is 1640. The number of para-hydroxylation sites is 1. The van der Waals surface area contributed by atoms with E-state index in [9.17, 15) is 22.8 Å². The third kappa shape index (κ3) is 7.66. The molecule has 4 rings (SSSR count). The number of aromatic nitrogens is 1. The number of carbonyl (C=O) groups excluding carboxylic acids is 2. The zero-order chi connectivity index (χ0) is 32.2. The van der Waals surface area contributed by atoms with Gasteiger partial charge in [-0.2, -0.15) is 13.2 Å². The minimum absolute atomic E-state index is 0.0702. The maximum atomic E-state index is 13.4. The van der Waals surface area contributed by atoms with Crippen LogP contribution in [0.4, 0.5) is 35.0 Å². The minimum Gasteiger partial charge on any atom is -0.461 e. The number of benzene rings is 3. The molecule has 2 N–H and O–H groups in total. The summed E-state index contributed by atoms with van der Waals surface area (Å²) in [4.78, 5) is 28.4. The van der Waals surface area contributed by atoms with E-state index in [4.69, 9.17) is 16.3 Å². The van der Waals surface area contributed by atoms with Gasteiger partial charge in [0.2, 0.25) is 0 Å². The first kappa shape index (κ1) is 32.7. The third-order valence-corrected chi connectivity index (χ3v) is 7.05. The number of anilines is 3. The smallest absolute Gasteiger partial charge is 0.417 e. The normalized spacial score (nSPS) is 11.7. The second kappa shape index (κ2) is 13.6. The molecule has 0 radical (unpaired) electrons. The standard InChI is InChI=1S/C33H36ClF3N4O3/c1-6-44-31(42)30-15-22-9-7-8-10-28(22)41(30)24-12-14-29(40(18-20(2)3)19-21(4)5)27(17-24)39-32(43)38-23-11-13-26(34)25(16-23)33(35,36)37/h7-17,20-21H,6,18-19H2,1-5H3,(H2,38,39,43). The van der Waals surface area contributed by atoms with Gasteiger partial charge in [-0.1, -0.05) is 57.5 Å². The van der Waals surface area contributed by atoms with Crippen LogP contribution in [-0.4, -0.2) is 36.3 Å². The predicted octanol–water partition coefficient (Wildman–Crippen LogP) is 9.24. The molecule has 0 fully saturated rings. The maximum Gasteiger partial charge on any atom is 0.417 e. The predicted molar refractivity (Wildman–Crippen MR) is 170 cm³/mol. The number of amides is 2. The number of fused-ring (bicyclic) bond motifs is 1. The molecule has 1 heterocycles. The van der Waals surface area contributed by atoms with Crippen molar-refractivity contribution < 1.29 is 27.5 Å². The van der Waals surface area contributed by atoms with E-state index in [1.54, 1.807) is 23.6 Å². The van der Waals surface area contributed by atoms with E-state index in [1.165, 1.54) is 6.07 Å². The summed E-state index contributed by atoms with van der Waals surface area (Å²) < 4.78 is 47.4. The average Bonchev–Trinajstić information content (AvgIpc) is 3.32. The first-order valence-corrected chi connectivity index (χ1v) is 14.8. The molecule has 7 nitrogen and oxygen atoms in total. The van der Waals surface area contributed by atoms with Gasteiger partial charge in [0.15, 0.2) is 0 Å². The summed E-state index contributed by atoms with van der Waals surface area (Å²) in [6.07, 6.45) is -4.68. The summed E-state index contributed by atoms with van der Waals surface area (Å²) in [6, 6.07) is 17.2. The number of nitrogens with zero attached hydrogens (tertiary/aromatic N) is 2. The number of nitrogens with one attached hydrogen (secondary N) is 2. The highest BCUT2D eigenvalue weighted by Crippen LogP contribution is 2.37. The summed E-state index contributed by atoms with van der Waals surface area (Å²) >= 11 is 5.76. The molecule has 234 valence electrons. The van der Waals surface area contributed by atoms with Crippen LogP contribution < -0.4 is 15.5 Å². The quantitative estimate of drug-likeness (QED) is 0.172. The van der Waals surface area contributed by atoms with Crippen LogP contribution >= 0.6 is 11.6 Å². The van der Waals surface area contributed by atoms with E-state index >= 15 is 0 Å². The molecule has 0 bridgehead atoms. The van der Waals surface area contributed by atoms with Gasteiger partial charge in [0.1, 0.15) is 5.69 Å². The lowest BCUT2D eigenvalue weighted by molar-refractivity contribution is -0.137. The molecule has 0 spiro atoms. The molecule has 0 aliphatic rings. The Kier molecular flexibility index (Phi) is 10.1. The number of urea groups is 1. The molecule has 0 unspecified atom stereocenters. The van der Waals surface area contributed by atoms with Crippen molar-refractivity contribution in [3.63, 3.8) is 0 Å². The fraction of sp³-hybridized carbons (Fsp3) is 0.333. The van der Waals surface area contributed by atoms with Crippen LogP contribution in [0.25, 0.3) is 16.6 Å². The SMILES string of the molecule is CCOC(=O)c1cc2ccccc2n1-c1ccc(N(CC(C)C)CC(C)C)c(NC(=O)Nc2ccc(Cl)c(C(F)(F)F)c2)c1. The van der Waals surface area contributed by atoms with E-state index in [0.717, 1.165) is 28.7 Å². The first-order valence-electron chi connectivity index (χ1n) is 14.4. The summed E-state index contributed by atoms with van der Waals surface area (Å²) in [5.74, 6) is 0.104. The molecule has 1 aromatic heterocycles. The Hall–Kier alpha value is -4.18.